The van der Waals surface area contributed by atoms with Gasteiger partial charge in [0.25, 0.3) is 0 Å². The molecular formula is C24H30N2O2. The molecule has 4 rings (SSSR count). The molecule has 4 heteroatoms. The number of carbonyl (C=O) groups is 1. The fraction of sp³-hybridized carbons (Fsp3) is 0.458. The largest absolute Gasteiger partial charge is 0.374 e. The summed E-state index contributed by atoms with van der Waals surface area (Å²) < 4.78 is 0. The van der Waals surface area contributed by atoms with Crippen LogP contribution in [0.25, 0.3) is 0 Å². The van der Waals surface area contributed by atoms with E-state index in [1.165, 1.54) is 5.56 Å². The molecule has 2 heterocycles. The second-order valence-corrected chi connectivity index (χ2v) is 8.24. The van der Waals surface area contributed by atoms with Gasteiger partial charge in [-0.3, -0.25) is 9.69 Å². The Labute approximate surface area is 167 Å². The number of hydrogen-bond donors (Lipinski definition) is 1. The first-order valence-corrected chi connectivity index (χ1v) is 10.5. The molecule has 1 fully saturated rings. The summed E-state index contributed by atoms with van der Waals surface area (Å²) in [7, 11) is 0. The molecule has 0 amide bonds. The highest BCUT2D eigenvalue weighted by molar-refractivity contribution is 5.81. The van der Waals surface area contributed by atoms with Gasteiger partial charge in [-0.2, -0.15) is 0 Å². The highest BCUT2D eigenvalue weighted by atomic mass is 16.3. The normalized spacial score (nSPS) is 21.0. The fourth-order valence-corrected chi connectivity index (χ4v) is 4.52. The van der Waals surface area contributed by atoms with E-state index in [-0.39, 0.29) is 0 Å². The van der Waals surface area contributed by atoms with Gasteiger partial charge in [-0.15, -0.1) is 0 Å². The third-order valence-corrected chi connectivity index (χ3v) is 6.20. The number of aliphatic hydroxyl groups is 1. The van der Waals surface area contributed by atoms with Crippen LogP contribution in [0, 0.1) is 5.92 Å². The topological polar surface area (TPSA) is 43.8 Å². The van der Waals surface area contributed by atoms with E-state index in [1.807, 2.05) is 48.5 Å². The van der Waals surface area contributed by atoms with Crippen LogP contribution in [0.15, 0.2) is 54.6 Å². The molecule has 1 atom stereocenters. The maximum absolute atomic E-state index is 12.2. The van der Waals surface area contributed by atoms with Gasteiger partial charge in [0.1, 0.15) is 12.0 Å². The number of nitrogens with zero attached hydrogens (tertiary/aromatic N) is 2. The van der Waals surface area contributed by atoms with Crippen LogP contribution < -0.4 is 0 Å². The van der Waals surface area contributed by atoms with Gasteiger partial charge in [-0.05, 0) is 48.5 Å². The molecule has 2 aromatic carbocycles. The standard InChI is InChI=1S/C24H30N2O2/c27-22(16-19-6-2-1-3-7-19)12-15-25-13-10-20(11-14-25)17-26-18-21-8-4-5-9-23(21)24(26)28/h1-9,20,24,28H,10-18H2. The van der Waals surface area contributed by atoms with E-state index < -0.39 is 6.23 Å². The average Bonchev–Trinajstić information content (AvgIpc) is 3.04. The quantitative estimate of drug-likeness (QED) is 0.802. The molecule has 0 radical (unpaired) electrons. The highest BCUT2D eigenvalue weighted by Crippen LogP contribution is 2.33. The van der Waals surface area contributed by atoms with Crippen LogP contribution in [-0.4, -0.2) is 46.9 Å². The van der Waals surface area contributed by atoms with E-state index in [0.717, 1.165) is 56.7 Å². The fourth-order valence-electron chi connectivity index (χ4n) is 4.52. The summed E-state index contributed by atoms with van der Waals surface area (Å²) in [6, 6.07) is 18.2. The van der Waals surface area contributed by atoms with Crippen LogP contribution in [0.2, 0.25) is 0 Å². The molecule has 0 aromatic heterocycles. The summed E-state index contributed by atoms with van der Waals surface area (Å²) in [4.78, 5) is 16.9. The van der Waals surface area contributed by atoms with Crippen molar-refractivity contribution in [2.45, 2.75) is 38.5 Å². The van der Waals surface area contributed by atoms with Crippen LogP contribution in [0.3, 0.4) is 0 Å². The Morgan fingerprint density at radius 1 is 1.00 bits per heavy atom. The second kappa shape index (κ2) is 8.99. The van der Waals surface area contributed by atoms with Gasteiger partial charge < -0.3 is 10.0 Å². The summed E-state index contributed by atoms with van der Waals surface area (Å²) in [5, 5.41) is 10.6. The number of piperidine rings is 1. The predicted octanol–water partition coefficient (Wildman–Crippen LogP) is 3.41. The van der Waals surface area contributed by atoms with E-state index in [1.54, 1.807) is 0 Å². The van der Waals surface area contributed by atoms with Crippen LogP contribution in [0.1, 0.15) is 42.2 Å². The van der Waals surface area contributed by atoms with Crippen LogP contribution in [-0.2, 0) is 17.8 Å². The smallest absolute Gasteiger partial charge is 0.138 e. The van der Waals surface area contributed by atoms with Crippen molar-refractivity contribution in [3.8, 4) is 0 Å². The van der Waals surface area contributed by atoms with Crippen molar-refractivity contribution in [1.29, 1.82) is 0 Å². The van der Waals surface area contributed by atoms with Crippen molar-refractivity contribution in [2.24, 2.45) is 5.92 Å². The molecule has 0 bridgehead atoms. The zero-order valence-corrected chi connectivity index (χ0v) is 16.5. The zero-order valence-electron chi connectivity index (χ0n) is 16.5. The molecule has 0 saturated carbocycles. The lowest BCUT2D eigenvalue weighted by atomic mass is 9.95. The van der Waals surface area contributed by atoms with E-state index in [2.05, 4.69) is 15.9 Å². The summed E-state index contributed by atoms with van der Waals surface area (Å²) in [6.07, 6.45) is 3.02. The molecule has 1 saturated heterocycles. The molecule has 1 N–H and O–H groups in total. The number of rotatable bonds is 7. The van der Waals surface area contributed by atoms with Gasteiger partial charge in [0.05, 0.1) is 0 Å². The third-order valence-electron chi connectivity index (χ3n) is 6.20. The molecular weight excluding hydrogens is 348 g/mol. The van der Waals surface area contributed by atoms with Gasteiger partial charge in [0.15, 0.2) is 0 Å². The Kier molecular flexibility index (Phi) is 6.20. The Balaban J connectivity index is 1.18. The Hall–Kier alpha value is -2.01. The number of aliphatic hydroxyl groups excluding tert-OH is 1. The molecule has 4 nitrogen and oxygen atoms in total. The number of benzene rings is 2. The highest BCUT2D eigenvalue weighted by Gasteiger charge is 2.30. The lowest BCUT2D eigenvalue weighted by Gasteiger charge is -2.34. The number of hydrogen-bond acceptors (Lipinski definition) is 4. The SMILES string of the molecule is O=C(CCN1CCC(CN2Cc3ccccc3C2O)CC1)Cc1ccccc1. The van der Waals surface area contributed by atoms with Crippen molar-refractivity contribution in [1.82, 2.24) is 9.80 Å². The van der Waals surface area contributed by atoms with Crippen LogP contribution in [0.4, 0.5) is 0 Å². The monoisotopic (exact) mass is 378 g/mol. The van der Waals surface area contributed by atoms with Gasteiger partial charge in [0, 0.05) is 32.5 Å². The predicted molar refractivity (Wildman–Crippen MR) is 111 cm³/mol. The first kappa shape index (κ1) is 19.3. The van der Waals surface area contributed by atoms with Crippen molar-refractivity contribution < 1.29 is 9.90 Å². The van der Waals surface area contributed by atoms with Gasteiger partial charge >= 0.3 is 0 Å². The summed E-state index contributed by atoms with van der Waals surface area (Å²) in [5.74, 6) is 0.950. The zero-order chi connectivity index (χ0) is 19.3. The first-order chi connectivity index (χ1) is 13.7. The molecule has 2 aliphatic rings. The Morgan fingerprint density at radius 2 is 1.71 bits per heavy atom. The maximum atomic E-state index is 12.2. The third kappa shape index (κ3) is 4.69. The summed E-state index contributed by atoms with van der Waals surface area (Å²) in [5.41, 5.74) is 3.43. The Morgan fingerprint density at radius 3 is 2.46 bits per heavy atom. The molecule has 28 heavy (non-hydrogen) atoms. The van der Waals surface area contributed by atoms with Crippen molar-refractivity contribution in [3.05, 3.63) is 71.3 Å². The van der Waals surface area contributed by atoms with Gasteiger partial charge in [-0.25, -0.2) is 0 Å². The molecule has 148 valence electrons. The number of Topliss-reactive ketones (excluding diaryl/α,β-unsaturated/α-hetero) is 1. The van der Waals surface area contributed by atoms with E-state index in [4.69, 9.17) is 0 Å². The van der Waals surface area contributed by atoms with Gasteiger partial charge in [-0.1, -0.05) is 54.6 Å². The molecule has 0 spiro atoms. The van der Waals surface area contributed by atoms with Crippen LogP contribution >= 0.6 is 0 Å². The van der Waals surface area contributed by atoms with Gasteiger partial charge in [0.2, 0.25) is 0 Å². The van der Waals surface area contributed by atoms with Crippen molar-refractivity contribution >= 4 is 5.78 Å². The number of carbonyl (C=O) groups excluding carboxylic acids is 1. The van der Waals surface area contributed by atoms with E-state index in [9.17, 15) is 9.90 Å². The molecule has 0 aliphatic carbocycles. The summed E-state index contributed by atoms with van der Waals surface area (Å²) in [6.45, 7) is 4.79. The minimum Gasteiger partial charge on any atom is -0.374 e. The van der Waals surface area contributed by atoms with Crippen molar-refractivity contribution in [3.63, 3.8) is 0 Å². The van der Waals surface area contributed by atoms with E-state index in [0.29, 0.717) is 24.5 Å². The van der Waals surface area contributed by atoms with E-state index >= 15 is 0 Å². The lowest BCUT2D eigenvalue weighted by molar-refractivity contribution is -0.118. The first-order valence-electron chi connectivity index (χ1n) is 10.5. The number of fused-ring (bicyclic) bond motifs is 1. The molecule has 2 aliphatic heterocycles. The number of ketones is 1. The number of likely N-dealkylation sites (tertiary alicyclic amines) is 1. The van der Waals surface area contributed by atoms with Crippen LogP contribution in [0.5, 0.6) is 0 Å². The molecule has 1 unspecified atom stereocenters. The van der Waals surface area contributed by atoms with Crippen molar-refractivity contribution in [2.75, 3.05) is 26.2 Å². The maximum Gasteiger partial charge on any atom is 0.138 e. The minimum absolute atomic E-state index is 0.325. The minimum atomic E-state index is -0.454. The summed E-state index contributed by atoms with van der Waals surface area (Å²) >= 11 is 0. The second-order valence-electron chi connectivity index (χ2n) is 8.24. The lowest BCUT2D eigenvalue weighted by Crippen LogP contribution is -2.39. The Bertz CT molecular complexity index is 784. The molecule has 2 aromatic rings. The average molecular weight is 379 g/mol.